The monoisotopic (exact) mass is 353 g/mol. The Morgan fingerprint density at radius 1 is 1.35 bits per heavy atom. The number of hydrogen-bond donors (Lipinski definition) is 2. The van der Waals surface area contributed by atoms with Crippen molar-refractivity contribution in [2.24, 2.45) is 12.8 Å². The molecular formula is C14H16ClN5O2S. The van der Waals surface area contributed by atoms with Crippen LogP contribution in [0.1, 0.15) is 12.2 Å². The van der Waals surface area contributed by atoms with E-state index < -0.39 is 0 Å². The Hall–Kier alpha value is -2.06. The molecule has 1 aromatic carbocycles. The van der Waals surface area contributed by atoms with Gasteiger partial charge in [-0.25, -0.2) is 0 Å². The van der Waals surface area contributed by atoms with Crippen LogP contribution in [0.3, 0.4) is 0 Å². The minimum atomic E-state index is -0.388. The Kier molecular flexibility index (Phi) is 6.00. The van der Waals surface area contributed by atoms with E-state index in [-0.39, 0.29) is 24.0 Å². The Balaban J connectivity index is 1.89. The third-order valence-electron chi connectivity index (χ3n) is 3.00. The van der Waals surface area contributed by atoms with Crippen LogP contribution in [0.15, 0.2) is 29.4 Å². The molecule has 0 saturated heterocycles. The van der Waals surface area contributed by atoms with Crippen molar-refractivity contribution < 1.29 is 9.59 Å². The zero-order valence-corrected chi connectivity index (χ0v) is 14.0. The van der Waals surface area contributed by atoms with E-state index in [1.807, 2.05) is 0 Å². The maximum atomic E-state index is 12.0. The number of aromatic nitrogens is 3. The highest BCUT2D eigenvalue weighted by atomic mass is 35.5. The summed E-state index contributed by atoms with van der Waals surface area (Å²) in [7, 11) is 1.78. The van der Waals surface area contributed by atoms with Gasteiger partial charge in [0, 0.05) is 19.9 Å². The molecule has 2 amide bonds. The molecule has 9 heteroatoms. The highest BCUT2D eigenvalue weighted by molar-refractivity contribution is 7.99. The summed E-state index contributed by atoms with van der Waals surface area (Å²) in [5.74, 6) is 0.247. The van der Waals surface area contributed by atoms with Gasteiger partial charge in [-0.1, -0.05) is 35.5 Å². The van der Waals surface area contributed by atoms with Crippen molar-refractivity contribution in [3.8, 4) is 0 Å². The van der Waals surface area contributed by atoms with Gasteiger partial charge in [0.1, 0.15) is 5.82 Å². The van der Waals surface area contributed by atoms with Gasteiger partial charge in [0.2, 0.25) is 11.8 Å². The molecule has 0 bridgehead atoms. The summed E-state index contributed by atoms with van der Waals surface area (Å²) in [5, 5.41) is 11.8. The van der Waals surface area contributed by atoms with Crippen molar-refractivity contribution in [2.45, 2.75) is 18.0 Å². The molecule has 1 heterocycles. The lowest BCUT2D eigenvalue weighted by molar-refractivity contribution is -0.118. The number of hydrogen-bond acceptors (Lipinski definition) is 5. The van der Waals surface area contributed by atoms with Crippen molar-refractivity contribution in [3.05, 3.63) is 35.1 Å². The summed E-state index contributed by atoms with van der Waals surface area (Å²) in [4.78, 5) is 22.8. The highest BCUT2D eigenvalue weighted by Crippen LogP contribution is 2.21. The lowest BCUT2D eigenvalue weighted by Crippen LogP contribution is -2.15. The van der Waals surface area contributed by atoms with E-state index in [0.717, 1.165) is 0 Å². The molecule has 0 unspecified atom stereocenters. The van der Waals surface area contributed by atoms with Crippen molar-refractivity contribution in [1.82, 2.24) is 14.8 Å². The summed E-state index contributed by atoms with van der Waals surface area (Å²) in [5.41, 5.74) is 5.69. The number of carbonyl (C=O) groups is 2. The number of primary amides is 1. The second kappa shape index (κ2) is 7.98. The molecule has 0 radical (unpaired) electrons. The first-order valence-electron chi connectivity index (χ1n) is 6.81. The molecule has 2 aromatic rings. The van der Waals surface area contributed by atoms with Gasteiger partial charge >= 0.3 is 0 Å². The molecule has 2 rings (SSSR count). The van der Waals surface area contributed by atoms with Crippen LogP contribution in [0.2, 0.25) is 5.02 Å². The maximum Gasteiger partial charge on any atom is 0.234 e. The van der Waals surface area contributed by atoms with Crippen LogP contribution in [0, 0.1) is 0 Å². The second-order valence-electron chi connectivity index (χ2n) is 4.74. The van der Waals surface area contributed by atoms with E-state index in [0.29, 0.717) is 28.1 Å². The summed E-state index contributed by atoms with van der Waals surface area (Å²) in [6.07, 6.45) is 0.634. The smallest absolute Gasteiger partial charge is 0.234 e. The Morgan fingerprint density at radius 3 is 2.78 bits per heavy atom. The number of nitrogens with zero attached hydrogens (tertiary/aromatic N) is 3. The molecule has 1 aromatic heterocycles. The number of para-hydroxylation sites is 1. The molecule has 23 heavy (non-hydrogen) atoms. The van der Waals surface area contributed by atoms with Gasteiger partial charge in [0.15, 0.2) is 5.16 Å². The molecule has 122 valence electrons. The Labute approximate surface area is 142 Å². The first-order chi connectivity index (χ1) is 11.0. The van der Waals surface area contributed by atoms with Gasteiger partial charge in [-0.3, -0.25) is 9.59 Å². The number of amides is 2. The predicted octanol–water partition coefficient (Wildman–Crippen LogP) is 1.62. The van der Waals surface area contributed by atoms with Crippen LogP contribution in [0.4, 0.5) is 5.69 Å². The quantitative estimate of drug-likeness (QED) is 0.736. The van der Waals surface area contributed by atoms with Gasteiger partial charge in [-0.2, -0.15) is 0 Å². The molecule has 0 aliphatic carbocycles. The fourth-order valence-electron chi connectivity index (χ4n) is 1.80. The van der Waals surface area contributed by atoms with Gasteiger partial charge in [-0.05, 0) is 12.1 Å². The fraction of sp³-hybridized carbons (Fsp3) is 0.286. The van der Waals surface area contributed by atoms with E-state index in [9.17, 15) is 9.59 Å². The summed E-state index contributed by atoms with van der Waals surface area (Å²) in [6.45, 7) is 0. The van der Waals surface area contributed by atoms with E-state index >= 15 is 0 Å². The third-order valence-corrected chi connectivity index (χ3v) is 4.35. The molecule has 0 spiro atoms. The van der Waals surface area contributed by atoms with Gasteiger partial charge in [0.05, 0.1) is 16.5 Å². The van der Waals surface area contributed by atoms with E-state index in [4.69, 9.17) is 17.3 Å². The zero-order valence-electron chi connectivity index (χ0n) is 12.5. The number of rotatable bonds is 7. The number of halogens is 1. The summed E-state index contributed by atoms with van der Waals surface area (Å²) in [6, 6.07) is 7.02. The van der Waals surface area contributed by atoms with Crippen molar-refractivity contribution >= 4 is 40.9 Å². The standard InChI is InChI=1S/C14H16ClN5O2S/c1-20-12(7-6-11(16)21)18-19-14(20)23-8-13(22)17-10-5-3-2-4-9(10)15/h2-5H,6-8H2,1H3,(H2,16,21)(H,17,22). The Morgan fingerprint density at radius 2 is 2.09 bits per heavy atom. The maximum absolute atomic E-state index is 12.0. The lowest BCUT2D eigenvalue weighted by Gasteiger charge is -2.06. The van der Waals surface area contributed by atoms with Gasteiger partial charge < -0.3 is 15.6 Å². The number of nitrogens with two attached hydrogens (primary N) is 1. The number of aryl methyl sites for hydroxylation is 1. The molecule has 0 aliphatic rings. The van der Waals surface area contributed by atoms with Crippen LogP contribution in [-0.2, 0) is 23.1 Å². The van der Waals surface area contributed by atoms with Crippen molar-refractivity contribution in [3.63, 3.8) is 0 Å². The molecule has 0 fully saturated rings. The molecule has 7 nitrogen and oxygen atoms in total. The van der Waals surface area contributed by atoms with Crippen molar-refractivity contribution in [2.75, 3.05) is 11.1 Å². The fourth-order valence-corrected chi connectivity index (χ4v) is 2.72. The number of carbonyl (C=O) groups excluding carboxylic acids is 2. The second-order valence-corrected chi connectivity index (χ2v) is 6.09. The molecular weight excluding hydrogens is 338 g/mol. The minimum absolute atomic E-state index is 0.174. The number of anilines is 1. The first kappa shape index (κ1) is 17.3. The average Bonchev–Trinajstić information content (AvgIpc) is 2.86. The highest BCUT2D eigenvalue weighted by Gasteiger charge is 2.12. The van der Waals surface area contributed by atoms with Gasteiger partial charge in [-0.15, -0.1) is 10.2 Å². The first-order valence-corrected chi connectivity index (χ1v) is 8.17. The molecule has 3 N–H and O–H groups in total. The number of thioether (sulfide) groups is 1. The van der Waals surface area contributed by atoms with Crippen LogP contribution < -0.4 is 11.1 Å². The van der Waals surface area contributed by atoms with E-state index in [2.05, 4.69) is 15.5 Å². The summed E-state index contributed by atoms with van der Waals surface area (Å²) >= 11 is 7.24. The molecule has 0 saturated carbocycles. The van der Waals surface area contributed by atoms with Crippen molar-refractivity contribution in [1.29, 1.82) is 0 Å². The number of nitrogens with one attached hydrogen (secondary N) is 1. The minimum Gasteiger partial charge on any atom is -0.370 e. The van der Waals surface area contributed by atoms with Gasteiger partial charge in [0.25, 0.3) is 0 Å². The SMILES string of the molecule is Cn1c(CCC(N)=O)nnc1SCC(=O)Nc1ccccc1Cl. The van der Waals surface area contributed by atoms with Crippen LogP contribution in [0.25, 0.3) is 0 Å². The van der Waals surface area contributed by atoms with Crippen LogP contribution in [0.5, 0.6) is 0 Å². The largest absolute Gasteiger partial charge is 0.370 e. The average molecular weight is 354 g/mol. The predicted molar refractivity (Wildman–Crippen MR) is 89.3 cm³/mol. The summed E-state index contributed by atoms with van der Waals surface area (Å²) < 4.78 is 1.75. The third kappa shape index (κ3) is 4.97. The molecule has 0 atom stereocenters. The topological polar surface area (TPSA) is 103 Å². The lowest BCUT2D eigenvalue weighted by atomic mass is 10.3. The van der Waals surface area contributed by atoms with E-state index in [1.165, 1.54) is 11.8 Å². The zero-order chi connectivity index (χ0) is 16.8. The van der Waals surface area contributed by atoms with Crippen LogP contribution in [-0.4, -0.2) is 32.3 Å². The number of benzene rings is 1. The van der Waals surface area contributed by atoms with Crippen LogP contribution >= 0.6 is 23.4 Å². The Bertz CT molecular complexity index is 719. The van der Waals surface area contributed by atoms with E-state index in [1.54, 1.807) is 35.9 Å². The molecule has 0 aliphatic heterocycles. The normalized spacial score (nSPS) is 10.5.